The van der Waals surface area contributed by atoms with E-state index in [9.17, 15) is 0 Å². The van der Waals surface area contributed by atoms with E-state index in [4.69, 9.17) is 9.47 Å². The molecule has 76 valence electrons. The lowest BCUT2D eigenvalue weighted by Gasteiger charge is -2.54. The summed E-state index contributed by atoms with van der Waals surface area (Å²) in [6.45, 7) is 8.15. The zero-order valence-electron chi connectivity index (χ0n) is 8.58. The van der Waals surface area contributed by atoms with Crippen molar-refractivity contribution < 1.29 is 9.47 Å². The van der Waals surface area contributed by atoms with Crippen LogP contribution in [0.2, 0.25) is 0 Å². The second kappa shape index (κ2) is 3.56. The lowest BCUT2D eigenvalue weighted by atomic mass is 9.96. The third-order valence-electron chi connectivity index (χ3n) is 2.93. The molecule has 2 aliphatic heterocycles. The van der Waals surface area contributed by atoms with E-state index < -0.39 is 0 Å². The van der Waals surface area contributed by atoms with Crippen molar-refractivity contribution in [3.63, 3.8) is 0 Å². The molecule has 2 saturated heterocycles. The number of fused-ring (bicyclic) bond motifs is 1. The molecule has 2 fully saturated rings. The molecule has 0 spiro atoms. The molecule has 0 bridgehead atoms. The minimum atomic E-state index is -0.0392. The molecule has 1 unspecified atom stereocenters. The summed E-state index contributed by atoms with van der Waals surface area (Å²) in [4.78, 5) is 2.40. The van der Waals surface area contributed by atoms with E-state index in [-0.39, 0.29) is 5.72 Å². The summed E-state index contributed by atoms with van der Waals surface area (Å²) in [6.07, 6.45) is 2.62. The molecule has 0 aromatic rings. The highest BCUT2D eigenvalue weighted by Gasteiger charge is 2.47. The van der Waals surface area contributed by atoms with Gasteiger partial charge in [-0.3, -0.25) is 4.90 Å². The fourth-order valence-corrected chi connectivity index (χ4v) is 2.02. The molecule has 0 saturated carbocycles. The first-order chi connectivity index (χ1) is 6.23. The quantitative estimate of drug-likeness (QED) is 0.660. The Morgan fingerprint density at radius 2 is 2.31 bits per heavy atom. The molecule has 2 rings (SSSR count). The summed E-state index contributed by atoms with van der Waals surface area (Å²) in [5.74, 6) is 0. The first kappa shape index (κ1) is 9.44. The predicted molar refractivity (Wildman–Crippen MR) is 50.6 cm³/mol. The van der Waals surface area contributed by atoms with Gasteiger partial charge in [-0.2, -0.15) is 0 Å². The maximum atomic E-state index is 5.82. The monoisotopic (exact) mass is 185 g/mol. The molecule has 3 nitrogen and oxygen atoms in total. The van der Waals surface area contributed by atoms with Gasteiger partial charge < -0.3 is 9.47 Å². The van der Waals surface area contributed by atoms with Gasteiger partial charge in [0.1, 0.15) is 5.72 Å². The van der Waals surface area contributed by atoms with Crippen LogP contribution in [0.25, 0.3) is 0 Å². The van der Waals surface area contributed by atoms with Gasteiger partial charge in [0.25, 0.3) is 0 Å². The summed E-state index contributed by atoms with van der Waals surface area (Å²) < 4.78 is 11.5. The zero-order chi connectivity index (χ0) is 9.31. The zero-order valence-corrected chi connectivity index (χ0v) is 8.58. The van der Waals surface area contributed by atoms with Crippen molar-refractivity contribution in [1.29, 1.82) is 0 Å². The van der Waals surface area contributed by atoms with Gasteiger partial charge in [-0.25, -0.2) is 0 Å². The van der Waals surface area contributed by atoms with Crippen molar-refractivity contribution in [3.8, 4) is 0 Å². The molecule has 2 heterocycles. The lowest BCUT2D eigenvalue weighted by Crippen LogP contribution is -2.66. The van der Waals surface area contributed by atoms with Crippen LogP contribution >= 0.6 is 0 Å². The maximum absolute atomic E-state index is 5.82. The summed E-state index contributed by atoms with van der Waals surface area (Å²) in [7, 11) is 0. The minimum Gasteiger partial charge on any atom is -0.374 e. The van der Waals surface area contributed by atoms with Crippen molar-refractivity contribution in [2.75, 3.05) is 26.3 Å². The fourth-order valence-electron chi connectivity index (χ4n) is 2.02. The number of rotatable bonds is 3. The Labute approximate surface area is 80.0 Å². The second-order valence-electron chi connectivity index (χ2n) is 4.25. The van der Waals surface area contributed by atoms with Crippen molar-refractivity contribution in [2.45, 2.75) is 38.5 Å². The van der Waals surface area contributed by atoms with E-state index in [0.29, 0.717) is 6.10 Å². The molecule has 2 aliphatic rings. The maximum Gasteiger partial charge on any atom is 0.146 e. The van der Waals surface area contributed by atoms with Gasteiger partial charge >= 0.3 is 0 Å². The van der Waals surface area contributed by atoms with Gasteiger partial charge in [0, 0.05) is 19.5 Å². The van der Waals surface area contributed by atoms with Crippen LogP contribution in [-0.2, 0) is 9.47 Å². The van der Waals surface area contributed by atoms with Gasteiger partial charge in [0.15, 0.2) is 0 Å². The van der Waals surface area contributed by atoms with Crippen LogP contribution in [0.15, 0.2) is 0 Å². The third kappa shape index (κ3) is 1.73. The van der Waals surface area contributed by atoms with Crippen molar-refractivity contribution in [2.24, 2.45) is 0 Å². The molecule has 1 atom stereocenters. The molecular weight excluding hydrogens is 166 g/mol. The Bertz CT molecular complexity index is 184. The van der Waals surface area contributed by atoms with Gasteiger partial charge in [0.05, 0.1) is 19.3 Å². The molecule has 0 N–H and O–H groups in total. The first-order valence-electron chi connectivity index (χ1n) is 5.24. The Kier molecular flexibility index (Phi) is 2.58. The van der Waals surface area contributed by atoms with E-state index in [1.165, 1.54) is 19.5 Å². The standard InChI is InChI=1S/C10H19NO2/c1-9(2)12-8-10-4-6-11(10)5-3-7-13-10/h9H,3-8H2,1-2H3. The van der Waals surface area contributed by atoms with Gasteiger partial charge in [-0.15, -0.1) is 0 Å². The highest BCUT2D eigenvalue weighted by molar-refractivity contribution is 4.94. The van der Waals surface area contributed by atoms with Crippen molar-refractivity contribution in [3.05, 3.63) is 0 Å². The van der Waals surface area contributed by atoms with Crippen LogP contribution in [0.4, 0.5) is 0 Å². The van der Waals surface area contributed by atoms with Crippen LogP contribution in [-0.4, -0.2) is 43.0 Å². The van der Waals surface area contributed by atoms with Crippen molar-refractivity contribution in [1.82, 2.24) is 4.90 Å². The minimum absolute atomic E-state index is 0.0392. The molecule has 0 amide bonds. The topological polar surface area (TPSA) is 21.7 Å². The molecule has 0 radical (unpaired) electrons. The highest BCUT2D eigenvalue weighted by Crippen LogP contribution is 2.35. The molecule has 13 heavy (non-hydrogen) atoms. The normalized spacial score (nSPS) is 34.4. The average molecular weight is 185 g/mol. The Morgan fingerprint density at radius 3 is 2.85 bits per heavy atom. The Morgan fingerprint density at radius 1 is 1.46 bits per heavy atom. The number of hydrogen-bond donors (Lipinski definition) is 0. The van der Waals surface area contributed by atoms with Gasteiger partial charge in [-0.1, -0.05) is 0 Å². The highest BCUT2D eigenvalue weighted by atomic mass is 16.6. The largest absolute Gasteiger partial charge is 0.374 e. The van der Waals surface area contributed by atoms with E-state index in [1.807, 2.05) is 0 Å². The fraction of sp³-hybridized carbons (Fsp3) is 1.00. The van der Waals surface area contributed by atoms with E-state index in [1.54, 1.807) is 0 Å². The average Bonchev–Trinajstić information content (AvgIpc) is 2.06. The van der Waals surface area contributed by atoms with E-state index >= 15 is 0 Å². The summed E-state index contributed by atoms with van der Waals surface area (Å²) in [5.41, 5.74) is -0.0392. The predicted octanol–water partition coefficient (Wildman–Crippen LogP) is 1.23. The van der Waals surface area contributed by atoms with E-state index in [0.717, 1.165) is 19.6 Å². The molecule has 0 aromatic carbocycles. The molecule has 0 aromatic heterocycles. The molecule has 3 heteroatoms. The molecular formula is C10H19NO2. The van der Waals surface area contributed by atoms with Crippen LogP contribution in [0.1, 0.15) is 26.7 Å². The summed E-state index contributed by atoms with van der Waals surface area (Å²) in [6, 6.07) is 0. The first-order valence-corrected chi connectivity index (χ1v) is 5.24. The Balaban J connectivity index is 1.87. The van der Waals surface area contributed by atoms with Gasteiger partial charge in [-0.05, 0) is 20.3 Å². The molecule has 0 aliphatic carbocycles. The van der Waals surface area contributed by atoms with E-state index in [2.05, 4.69) is 18.7 Å². The summed E-state index contributed by atoms with van der Waals surface area (Å²) in [5, 5.41) is 0. The van der Waals surface area contributed by atoms with Crippen LogP contribution in [0.5, 0.6) is 0 Å². The lowest BCUT2D eigenvalue weighted by molar-refractivity contribution is -0.269. The number of nitrogens with zero attached hydrogens (tertiary/aromatic N) is 1. The van der Waals surface area contributed by atoms with Crippen LogP contribution in [0.3, 0.4) is 0 Å². The number of ether oxygens (including phenoxy) is 2. The third-order valence-corrected chi connectivity index (χ3v) is 2.93. The number of hydrogen-bond acceptors (Lipinski definition) is 3. The van der Waals surface area contributed by atoms with Crippen LogP contribution < -0.4 is 0 Å². The summed E-state index contributed by atoms with van der Waals surface area (Å²) >= 11 is 0. The Hall–Kier alpha value is -0.120. The SMILES string of the molecule is CC(C)OCC12CCN1CCCO2. The van der Waals surface area contributed by atoms with Crippen LogP contribution in [0, 0.1) is 0 Å². The smallest absolute Gasteiger partial charge is 0.146 e. The van der Waals surface area contributed by atoms with Gasteiger partial charge in [0.2, 0.25) is 0 Å². The second-order valence-corrected chi connectivity index (χ2v) is 4.25. The van der Waals surface area contributed by atoms with Crippen molar-refractivity contribution >= 4 is 0 Å².